The Morgan fingerprint density at radius 1 is 0.609 bits per heavy atom. The normalized spacial score (nSPS) is 36.0. The van der Waals surface area contributed by atoms with Crippen LogP contribution in [0.1, 0.15) is 25.7 Å². The Bertz CT molecular complexity index is 1060. The first-order valence-electron chi connectivity index (χ1n) is 16.1. The molecular formula is C24H52N12O8S2. The molecule has 268 valence electrons. The maximum atomic E-state index is 11.3. The van der Waals surface area contributed by atoms with Gasteiger partial charge in [-0.1, -0.05) is 6.42 Å². The van der Waals surface area contributed by atoms with Crippen molar-refractivity contribution in [1.29, 1.82) is 0 Å². The first-order valence-corrected chi connectivity index (χ1v) is 19.3. The SMILES string of the molecule is O=S(=O)(O)CCNC1NC(NC2CCCC(NC3NC(NCCS(=O)(=O)O)NC(N4CCOCC4)N3)C2)NC(N2CCOCC2)N1. The van der Waals surface area contributed by atoms with Crippen LogP contribution in [0.2, 0.25) is 0 Å². The molecule has 5 rings (SSSR count). The molecule has 12 N–H and O–H groups in total. The summed E-state index contributed by atoms with van der Waals surface area (Å²) >= 11 is 0. The Morgan fingerprint density at radius 3 is 1.39 bits per heavy atom. The van der Waals surface area contributed by atoms with E-state index in [2.05, 4.69) is 63.0 Å². The van der Waals surface area contributed by atoms with Crippen LogP contribution < -0.4 is 53.2 Å². The molecule has 1 aliphatic carbocycles. The van der Waals surface area contributed by atoms with Gasteiger partial charge in [-0.2, -0.15) is 16.8 Å². The van der Waals surface area contributed by atoms with E-state index in [1.54, 1.807) is 0 Å². The lowest BCUT2D eigenvalue weighted by molar-refractivity contribution is -0.0315. The molecule has 0 aromatic carbocycles. The van der Waals surface area contributed by atoms with Crippen LogP contribution in [0.5, 0.6) is 0 Å². The second-order valence-corrected chi connectivity index (χ2v) is 15.4. The number of rotatable bonds is 14. The molecule has 0 aromatic heterocycles. The molecule has 1 saturated carbocycles. The molecule has 22 heteroatoms. The predicted molar refractivity (Wildman–Crippen MR) is 167 cm³/mol. The molecular weight excluding hydrogens is 648 g/mol. The van der Waals surface area contributed by atoms with Gasteiger partial charge in [0.05, 0.1) is 37.9 Å². The van der Waals surface area contributed by atoms with Crippen LogP contribution in [-0.4, -0.2) is 163 Å². The van der Waals surface area contributed by atoms with Gasteiger partial charge in [-0.3, -0.25) is 72.1 Å². The number of nitrogens with zero attached hydrogens (tertiary/aromatic N) is 2. The number of hydrogen-bond donors (Lipinski definition) is 12. The molecule has 8 unspecified atom stereocenters. The maximum absolute atomic E-state index is 11.3. The summed E-state index contributed by atoms with van der Waals surface area (Å²) in [7, 11) is -8.16. The summed E-state index contributed by atoms with van der Waals surface area (Å²) in [5, 5.41) is 34.5. The standard InChI is InChI=1S/C24H52N12O8S2/c37-45(38,39)14-4-25-19-29-21(33-23(31-19)35-6-10-43-11-7-35)27-17-2-1-3-18(16-17)28-22-30-20(26-5-15-46(40,41)42)32-24(34-22)36-8-12-44-13-9-36/h17-34H,1-16H2,(H,37,38,39)(H,40,41,42). The van der Waals surface area contributed by atoms with Gasteiger partial charge in [0, 0.05) is 51.4 Å². The summed E-state index contributed by atoms with van der Waals surface area (Å²) in [5.41, 5.74) is 0. The van der Waals surface area contributed by atoms with Gasteiger partial charge in [0.15, 0.2) is 0 Å². The van der Waals surface area contributed by atoms with Crippen molar-refractivity contribution in [2.45, 2.75) is 75.5 Å². The summed E-state index contributed by atoms with van der Waals surface area (Å²) in [6.45, 7) is 5.67. The molecule has 8 atom stereocenters. The fourth-order valence-corrected chi connectivity index (χ4v) is 7.15. The average molecular weight is 701 g/mol. The second-order valence-electron chi connectivity index (χ2n) is 12.2. The van der Waals surface area contributed by atoms with E-state index in [0.29, 0.717) is 26.4 Å². The van der Waals surface area contributed by atoms with Crippen LogP contribution in [0.15, 0.2) is 0 Å². The van der Waals surface area contributed by atoms with Gasteiger partial charge in [0.1, 0.15) is 37.7 Å². The lowest BCUT2D eigenvalue weighted by Gasteiger charge is -2.47. The van der Waals surface area contributed by atoms with Gasteiger partial charge >= 0.3 is 0 Å². The first kappa shape index (κ1) is 36.5. The van der Waals surface area contributed by atoms with E-state index in [4.69, 9.17) is 18.6 Å². The first-order chi connectivity index (χ1) is 22.0. The lowest BCUT2D eigenvalue weighted by Crippen LogP contribution is -2.79. The molecule has 46 heavy (non-hydrogen) atoms. The van der Waals surface area contributed by atoms with Crippen LogP contribution in [0.25, 0.3) is 0 Å². The highest BCUT2D eigenvalue weighted by Gasteiger charge is 2.36. The van der Waals surface area contributed by atoms with E-state index >= 15 is 0 Å². The third-order valence-electron chi connectivity index (χ3n) is 8.68. The van der Waals surface area contributed by atoms with Gasteiger partial charge in [-0.25, -0.2) is 0 Å². The van der Waals surface area contributed by atoms with Crippen LogP contribution in [0.4, 0.5) is 0 Å². The van der Waals surface area contributed by atoms with Gasteiger partial charge in [-0.15, -0.1) is 0 Å². The Kier molecular flexibility index (Phi) is 13.7. The molecule has 0 aromatic rings. The van der Waals surface area contributed by atoms with E-state index in [1.807, 2.05) is 0 Å². The van der Waals surface area contributed by atoms with Crippen LogP contribution >= 0.6 is 0 Å². The van der Waals surface area contributed by atoms with Crippen molar-refractivity contribution in [3.05, 3.63) is 0 Å². The minimum absolute atomic E-state index is 0.0782. The van der Waals surface area contributed by atoms with Crippen molar-refractivity contribution in [2.24, 2.45) is 0 Å². The summed E-state index contributed by atoms with van der Waals surface area (Å²) in [6.07, 6.45) is 2.09. The zero-order chi connectivity index (χ0) is 32.6. The maximum Gasteiger partial charge on any atom is 0.266 e. The fraction of sp³-hybridized carbons (Fsp3) is 1.00. The highest BCUT2D eigenvalue weighted by Crippen LogP contribution is 2.20. The van der Waals surface area contributed by atoms with E-state index in [0.717, 1.165) is 51.9 Å². The predicted octanol–water partition coefficient (Wildman–Crippen LogP) is -5.64. The van der Waals surface area contributed by atoms with E-state index in [-0.39, 0.29) is 50.3 Å². The van der Waals surface area contributed by atoms with Crippen molar-refractivity contribution in [3.63, 3.8) is 0 Å². The third-order valence-corrected chi connectivity index (χ3v) is 10.1. The summed E-state index contributed by atoms with van der Waals surface area (Å²) in [4.78, 5) is 4.48. The Morgan fingerprint density at radius 2 is 1.00 bits per heavy atom. The second kappa shape index (κ2) is 17.3. The topological polar surface area (TPSA) is 254 Å². The van der Waals surface area contributed by atoms with Crippen molar-refractivity contribution in [2.75, 3.05) is 77.2 Å². The lowest BCUT2D eigenvalue weighted by atomic mass is 9.91. The van der Waals surface area contributed by atoms with Crippen molar-refractivity contribution in [1.82, 2.24) is 63.0 Å². The smallest absolute Gasteiger partial charge is 0.266 e. The largest absolute Gasteiger partial charge is 0.379 e. The molecule has 4 aliphatic heterocycles. The van der Waals surface area contributed by atoms with E-state index in [1.165, 1.54) is 0 Å². The Hall–Kier alpha value is -0.740. The van der Waals surface area contributed by atoms with Crippen molar-refractivity contribution < 1.29 is 35.4 Å². The zero-order valence-corrected chi connectivity index (χ0v) is 27.6. The number of hydrogen-bond acceptors (Lipinski definition) is 18. The summed E-state index contributed by atoms with van der Waals surface area (Å²) in [5.74, 6) is -0.780. The monoisotopic (exact) mass is 700 g/mol. The molecule has 0 radical (unpaired) electrons. The van der Waals surface area contributed by atoms with Gasteiger partial charge in [-0.05, 0) is 19.3 Å². The minimum Gasteiger partial charge on any atom is -0.379 e. The molecule has 5 fully saturated rings. The number of nitrogens with one attached hydrogen (secondary N) is 10. The average Bonchev–Trinajstić information content (AvgIpc) is 3.01. The van der Waals surface area contributed by atoms with Gasteiger partial charge in [0.25, 0.3) is 20.2 Å². The van der Waals surface area contributed by atoms with E-state index in [9.17, 15) is 16.8 Å². The molecule has 5 aliphatic rings. The molecule has 0 amide bonds. The van der Waals surface area contributed by atoms with Crippen LogP contribution in [0, 0.1) is 0 Å². The van der Waals surface area contributed by atoms with E-state index < -0.39 is 44.3 Å². The van der Waals surface area contributed by atoms with Crippen LogP contribution in [-0.2, 0) is 29.7 Å². The fourth-order valence-electron chi connectivity index (χ4n) is 6.40. The highest BCUT2D eigenvalue weighted by molar-refractivity contribution is 7.86. The van der Waals surface area contributed by atoms with Crippen molar-refractivity contribution in [3.8, 4) is 0 Å². The molecule has 20 nitrogen and oxygen atoms in total. The number of ether oxygens (including phenoxy) is 2. The number of morpholine rings is 2. The van der Waals surface area contributed by atoms with Gasteiger partial charge < -0.3 is 9.47 Å². The quantitative estimate of drug-likeness (QED) is 0.0755. The molecule has 4 saturated heterocycles. The molecule has 0 spiro atoms. The third kappa shape index (κ3) is 12.3. The minimum atomic E-state index is -4.08. The Balaban J connectivity index is 1.16. The van der Waals surface area contributed by atoms with Crippen LogP contribution in [0.3, 0.4) is 0 Å². The summed E-state index contributed by atoms with van der Waals surface area (Å²) < 4.78 is 74.4. The Labute approximate surface area is 271 Å². The molecule has 4 heterocycles. The van der Waals surface area contributed by atoms with Gasteiger partial charge in [0.2, 0.25) is 0 Å². The highest BCUT2D eigenvalue weighted by atomic mass is 32.2. The summed E-state index contributed by atoms with van der Waals surface area (Å²) in [6, 6.07) is 0.359. The zero-order valence-electron chi connectivity index (χ0n) is 26.0. The van der Waals surface area contributed by atoms with Crippen molar-refractivity contribution >= 4 is 20.2 Å². The molecule has 0 bridgehead atoms.